The Morgan fingerprint density at radius 2 is 1.84 bits per heavy atom. The Morgan fingerprint density at radius 1 is 1.12 bits per heavy atom. The molecule has 0 radical (unpaired) electrons. The maximum absolute atomic E-state index is 10.6. The molecule has 5 nitrogen and oxygen atoms in total. The lowest BCUT2D eigenvalue weighted by molar-refractivity contribution is -0.131. The molecule has 32 heavy (non-hydrogen) atoms. The zero-order chi connectivity index (χ0) is 24.1. The van der Waals surface area contributed by atoms with Gasteiger partial charge in [-0.1, -0.05) is 63.5 Å². The van der Waals surface area contributed by atoms with Crippen LogP contribution >= 0.6 is 0 Å². The number of ether oxygens (including phenoxy) is 1. The molecule has 1 rings (SSSR count). The number of allylic oxidation sites excluding steroid dienone is 2. The summed E-state index contributed by atoms with van der Waals surface area (Å²) in [6, 6.07) is 0. The van der Waals surface area contributed by atoms with Gasteiger partial charge < -0.3 is 20.1 Å². The van der Waals surface area contributed by atoms with Gasteiger partial charge in [-0.15, -0.1) is 0 Å². The second kappa shape index (κ2) is 15.4. The topological polar surface area (TPSA) is 87.0 Å². The summed E-state index contributed by atoms with van der Waals surface area (Å²) in [5, 5.41) is 29.3. The molecule has 1 fully saturated rings. The van der Waals surface area contributed by atoms with Crippen molar-refractivity contribution in [1.29, 1.82) is 0 Å². The Labute approximate surface area is 195 Å². The molecule has 6 unspecified atom stereocenters. The molecule has 0 amide bonds. The van der Waals surface area contributed by atoms with Crippen molar-refractivity contribution < 1.29 is 24.9 Å². The van der Waals surface area contributed by atoms with Crippen LogP contribution in [0.5, 0.6) is 0 Å². The summed E-state index contributed by atoms with van der Waals surface area (Å²) in [6.07, 6.45) is 16.2. The van der Waals surface area contributed by atoms with Gasteiger partial charge in [0.1, 0.15) is 0 Å². The van der Waals surface area contributed by atoms with Crippen molar-refractivity contribution >= 4 is 5.97 Å². The van der Waals surface area contributed by atoms with Crippen molar-refractivity contribution in [1.82, 2.24) is 0 Å². The van der Waals surface area contributed by atoms with Crippen LogP contribution in [0.3, 0.4) is 0 Å². The van der Waals surface area contributed by atoms with E-state index in [4.69, 9.17) is 9.84 Å². The Kier molecular flexibility index (Phi) is 13.8. The van der Waals surface area contributed by atoms with Crippen molar-refractivity contribution in [2.45, 2.75) is 110 Å². The maximum atomic E-state index is 10.6. The number of aliphatic carboxylic acids is 1. The first kappa shape index (κ1) is 28.6. The van der Waals surface area contributed by atoms with Crippen molar-refractivity contribution in [2.75, 3.05) is 0 Å². The Balaban J connectivity index is 2.38. The molecular formula is C27H46O5. The monoisotopic (exact) mass is 450 g/mol. The first-order valence-electron chi connectivity index (χ1n) is 12.4. The quantitative estimate of drug-likeness (QED) is 0.234. The first-order valence-corrected chi connectivity index (χ1v) is 12.4. The Hall–Kier alpha value is -1.43. The summed E-state index contributed by atoms with van der Waals surface area (Å²) in [4.78, 5) is 10.6. The fraction of sp³-hybridized carbons (Fsp3) is 0.741. The van der Waals surface area contributed by atoms with Crippen LogP contribution in [0.25, 0.3) is 0 Å². The van der Waals surface area contributed by atoms with Crippen LogP contribution < -0.4 is 0 Å². The SMILES string of the molecule is CCCCC1CC[C@@H](CCC(C)C(O)C/C=C(C)/C=C/C(O)C(C)/C=C/C(=O)O)OC1C. The fourth-order valence-corrected chi connectivity index (χ4v) is 4.20. The average molecular weight is 451 g/mol. The number of unbranched alkanes of at least 4 members (excludes halogenated alkanes) is 1. The van der Waals surface area contributed by atoms with E-state index >= 15 is 0 Å². The van der Waals surface area contributed by atoms with Gasteiger partial charge >= 0.3 is 5.97 Å². The van der Waals surface area contributed by atoms with E-state index in [1.165, 1.54) is 31.8 Å². The second-order valence-corrected chi connectivity index (χ2v) is 9.65. The normalized spacial score (nSPS) is 26.3. The first-order chi connectivity index (χ1) is 15.1. The molecule has 1 aliphatic heterocycles. The molecule has 184 valence electrons. The number of carboxylic acids is 1. The number of aliphatic hydroxyl groups excluding tert-OH is 2. The maximum Gasteiger partial charge on any atom is 0.327 e. The van der Waals surface area contributed by atoms with E-state index in [-0.39, 0.29) is 11.8 Å². The van der Waals surface area contributed by atoms with Crippen molar-refractivity contribution in [3.05, 3.63) is 36.0 Å². The highest BCUT2D eigenvalue weighted by molar-refractivity contribution is 5.79. The summed E-state index contributed by atoms with van der Waals surface area (Å²) in [5.74, 6) is -0.406. The molecule has 1 saturated heterocycles. The molecule has 0 bridgehead atoms. The third kappa shape index (κ3) is 11.4. The van der Waals surface area contributed by atoms with E-state index in [0.717, 1.165) is 30.9 Å². The van der Waals surface area contributed by atoms with Gasteiger partial charge in [-0.2, -0.15) is 0 Å². The summed E-state index contributed by atoms with van der Waals surface area (Å²) in [5.41, 5.74) is 0.965. The molecular weight excluding hydrogens is 404 g/mol. The third-order valence-electron chi connectivity index (χ3n) is 6.78. The van der Waals surface area contributed by atoms with Gasteiger partial charge in [-0.3, -0.25) is 0 Å². The van der Waals surface area contributed by atoms with Crippen LogP contribution in [0.4, 0.5) is 0 Å². The van der Waals surface area contributed by atoms with Gasteiger partial charge in [0.25, 0.3) is 0 Å². The Morgan fingerprint density at radius 3 is 2.47 bits per heavy atom. The summed E-state index contributed by atoms with van der Waals surface area (Å²) < 4.78 is 6.26. The summed E-state index contributed by atoms with van der Waals surface area (Å²) in [7, 11) is 0. The number of rotatable bonds is 14. The molecule has 5 heteroatoms. The molecule has 7 atom stereocenters. The van der Waals surface area contributed by atoms with Gasteiger partial charge in [0.15, 0.2) is 0 Å². The summed E-state index contributed by atoms with van der Waals surface area (Å²) in [6.45, 7) is 10.3. The highest BCUT2D eigenvalue weighted by Gasteiger charge is 2.28. The van der Waals surface area contributed by atoms with Crippen molar-refractivity contribution in [3.63, 3.8) is 0 Å². The standard InChI is InChI=1S/C27H46O5/c1-6-7-8-23-13-15-24(32-22(23)5)14-11-20(3)25(28)16-9-19(2)10-17-26(29)21(4)12-18-27(30)31/h9-10,12,17-18,20-26,28-29H,6-8,11,13-16H2,1-5H3,(H,30,31)/b17-10+,18-12+,19-9+/t20?,21?,22?,23?,24-,25?,26?/m1/s1. The van der Waals surface area contributed by atoms with Crippen LogP contribution in [0.15, 0.2) is 36.0 Å². The number of carboxylic acid groups (broad SMARTS) is 1. The minimum absolute atomic E-state index is 0.200. The zero-order valence-corrected chi connectivity index (χ0v) is 20.7. The number of carbonyl (C=O) groups is 1. The minimum atomic E-state index is -1.02. The van der Waals surface area contributed by atoms with E-state index in [9.17, 15) is 15.0 Å². The molecule has 3 N–H and O–H groups in total. The van der Waals surface area contributed by atoms with E-state index in [1.807, 2.05) is 19.1 Å². The minimum Gasteiger partial charge on any atom is -0.478 e. The fourth-order valence-electron chi connectivity index (χ4n) is 4.20. The van der Waals surface area contributed by atoms with Crippen LogP contribution in [0.1, 0.15) is 86.0 Å². The van der Waals surface area contributed by atoms with Gasteiger partial charge in [0.2, 0.25) is 0 Å². The van der Waals surface area contributed by atoms with Crippen LogP contribution in [-0.2, 0) is 9.53 Å². The number of hydrogen-bond donors (Lipinski definition) is 3. The van der Waals surface area contributed by atoms with Gasteiger partial charge in [-0.05, 0) is 64.2 Å². The van der Waals surface area contributed by atoms with Crippen LogP contribution in [0, 0.1) is 17.8 Å². The van der Waals surface area contributed by atoms with Gasteiger partial charge in [0.05, 0.1) is 24.4 Å². The molecule has 0 aromatic heterocycles. The molecule has 0 aromatic carbocycles. The largest absolute Gasteiger partial charge is 0.478 e. The highest BCUT2D eigenvalue weighted by atomic mass is 16.5. The Bertz CT molecular complexity index is 624. The lowest BCUT2D eigenvalue weighted by Crippen LogP contribution is -2.33. The predicted octanol–water partition coefficient (Wildman–Crippen LogP) is 5.67. The molecule has 0 aromatic rings. The molecule has 1 heterocycles. The van der Waals surface area contributed by atoms with Crippen LogP contribution in [-0.4, -0.2) is 45.7 Å². The average Bonchev–Trinajstić information content (AvgIpc) is 2.76. The van der Waals surface area contributed by atoms with E-state index < -0.39 is 18.2 Å². The smallest absolute Gasteiger partial charge is 0.327 e. The third-order valence-corrected chi connectivity index (χ3v) is 6.78. The van der Waals surface area contributed by atoms with Crippen LogP contribution in [0.2, 0.25) is 0 Å². The van der Waals surface area contributed by atoms with Gasteiger partial charge in [-0.25, -0.2) is 4.79 Å². The molecule has 0 aliphatic carbocycles. The van der Waals surface area contributed by atoms with E-state index in [0.29, 0.717) is 24.5 Å². The zero-order valence-electron chi connectivity index (χ0n) is 20.7. The molecule has 0 saturated carbocycles. The number of hydrogen-bond acceptors (Lipinski definition) is 4. The molecule has 1 aliphatic rings. The molecule has 0 spiro atoms. The van der Waals surface area contributed by atoms with Crippen molar-refractivity contribution in [2.24, 2.45) is 17.8 Å². The second-order valence-electron chi connectivity index (χ2n) is 9.65. The predicted molar refractivity (Wildman–Crippen MR) is 130 cm³/mol. The summed E-state index contributed by atoms with van der Waals surface area (Å²) >= 11 is 0. The lowest BCUT2D eigenvalue weighted by Gasteiger charge is -2.35. The number of aliphatic hydroxyl groups is 2. The highest BCUT2D eigenvalue weighted by Crippen LogP contribution is 2.31. The van der Waals surface area contributed by atoms with Gasteiger partial charge in [0, 0.05) is 12.0 Å². The lowest BCUT2D eigenvalue weighted by atomic mass is 9.86. The van der Waals surface area contributed by atoms with E-state index in [1.54, 1.807) is 13.0 Å². The van der Waals surface area contributed by atoms with Crippen molar-refractivity contribution in [3.8, 4) is 0 Å². The van der Waals surface area contributed by atoms with E-state index in [2.05, 4.69) is 20.8 Å².